The van der Waals surface area contributed by atoms with E-state index in [1.807, 2.05) is 0 Å². The molecule has 0 unspecified atom stereocenters. The maximum absolute atomic E-state index is 13.0. The number of imide groups is 1. The van der Waals surface area contributed by atoms with E-state index in [0.717, 1.165) is 14.5 Å². The molecular formula is C25H14BrF3IN3O6S. The standard InChI is InChI=1S/C25H14BrF3IN3O6S/c26-17-9-13(1-7-19(17)39-20-8-2-14(25(27,28)29)11-18(20)33(37)38)10-21-23(35)32(24(36)40-21)12-22(34)31-16-5-3-15(30)4-6-16/h1-11H,12H2,(H,31,34)/b21-10-. The Morgan fingerprint density at radius 3 is 2.40 bits per heavy atom. The van der Waals surface area contributed by atoms with Gasteiger partial charge < -0.3 is 10.1 Å². The van der Waals surface area contributed by atoms with E-state index in [1.54, 1.807) is 24.3 Å². The number of nitro groups is 1. The number of alkyl halides is 3. The fourth-order valence-electron chi connectivity index (χ4n) is 3.40. The normalized spacial score (nSPS) is 14.5. The van der Waals surface area contributed by atoms with Crippen molar-refractivity contribution in [2.75, 3.05) is 11.9 Å². The van der Waals surface area contributed by atoms with Gasteiger partial charge in [0.2, 0.25) is 11.7 Å². The maximum Gasteiger partial charge on any atom is 0.416 e. The van der Waals surface area contributed by atoms with Crippen LogP contribution in [0.4, 0.5) is 29.3 Å². The van der Waals surface area contributed by atoms with Gasteiger partial charge in [0.05, 0.1) is 19.9 Å². The quantitative estimate of drug-likeness (QED) is 0.116. The zero-order valence-electron chi connectivity index (χ0n) is 19.7. The molecule has 3 amide bonds. The molecule has 4 rings (SSSR count). The zero-order chi connectivity index (χ0) is 29.2. The fourth-order valence-corrected chi connectivity index (χ4v) is 5.07. The monoisotopic (exact) mass is 747 g/mol. The highest BCUT2D eigenvalue weighted by atomic mass is 127. The molecule has 0 bridgehead atoms. The SMILES string of the molecule is O=C(CN1C(=O)S/C(=C\c2ccc(Oc3ccc(C(F)(F)F)cc3[N+](=O)[O-])c(Br)c2)C1=O)Nc1ccc(I)cc1. The first kappa shape index (κ1) is 29.5. The molecule has 0 radical (unpaired) electrons. The van der Waals surface area contributed by atoms with Gasteiger partial charge in [0.25, 0.3) is 11.1 Å². The van der Waals surface area contributed by atoms with E-state index < -0.39 is 51.7 Å². The molecule has 1 N–H and O–H groups in total. The van der Waals surface area contributed by atoms with Crippen molar-refractivity contribution in [3.05, 3.63) is 94.9 Å². The van der Waals surface area contributed by atoms with Crippen molar-refractivity contribution >= 4 is 84.8 Å². The Balaban J connectivity index is 1.47. The van der Waals surface area contributed by atoms with Crippen LogP contribution in [0.15, 0.2) is 70.0 Å². The van der Waals surface area contributed by atoms with Gasteiger partial charge in [-0.15, -0.1) is 0 Å². The van der Waals surface area contributed by atoms with Gasteiger partial charge in [0, 0.05) is 15.3 Å². The number of nitro benzene ring substituents is 1. The lowest BCUT2D eigenvalue weighted by Crippen LogP contribution is -2.36. The average Bonchev–Trinajstić information content (AvgIpc) is 3.13. The van der Waals surface area contributed by atoms with E-state index in [4.69, 9.17) is 4.74 Å². The topological polar surface area (TPSA) is 119 Å². The molecule has 0 aromatic heterocycles. The Morgan fingerprint density at radius 1 is 1.10 bits per heavy atom. The fraction of sp³-hybridized carbons (Fsp3) is 0.0800. The predicted octanol–water partition coefficient (Wildman–Crippen LogP) is 7.45. The average molecular weight is 748 g/mol. The van der Waals surface area contributed by atoms with Crippen molar-refractivity contribution < 1.29 is 37.2 Å². The molecule has 1 fully saturated rings. The summed E-state index contributed by atoms with van der Waals surface area (Å²) in [7, 11) is 0. The second kappa shape index (κ2) is 12.0. The molecule has 0 aliphatic carbocycles. The van der Waals surface area contributed by atoms with Crippen LogP contribution in [-0.4, -0.2) is 33.4 Å². The predicted molar refractivity (Wildman–Crippen MR) is 153 cm³/mol. The molecule has 3 aromatic rings. The molecular weight excluding hydrogens is 734 g/mol. The molecule has 206 valence electrons. The highest BCUT2D eigenvalue weighted by Crippen LogP contribution is 2.40. The second-order valence-electron chi connectivity index (χ2n) is 8.05. The second-order valence-corrected chi connectivity index (χ2v) is 11.1. The number of halogens is 5. The number of nitrogens with one attached hydrogen (secondary N) is 1. The summed E-state index contributed by atoms with van der Waals surface area (Å²) in [5, 5.41) is 13.3. The van der Waals surface area contributed by atoms with Crippen LogP contribution in [0.5, 0.6) is 11.5 Å². The summed E-state index contributed by atoms with van der Waals surface area (Å²) < 4.78 is 45.6. The van der Waals surface area contributed by atoms with Gasteiger partial charge in [-0.2, -0.15) is 13.2 Å². The number of nitrogens with zero attached hydrogens (tertiary/aromatic N) is 2. The Kier molecular flexibility index (Phi) is 8.84. The van der Waals surface area contributed by atoms with E-state index in [1.165, 1.54) is 24.3 Å². The Morgan fingerprint density at radius 2 is 1.77 bits per heavy atom. The Hall–Kier alpha value is -3.44. The Labute approximate surface area is 250 Å². The first-order chi connectivity index (χ1) is 18.8. The van der Waals surface area contributed by atoms with E-state index in [9.17, 15) is 37.7 Å². The lowest BCUT2D eigenvalue weighted by atomic mass is 10.1. The third-order valence-electron chi connectivity index (χ3n) is 5.26. The van der Waals surface area contributed by atoms with Gasteiger partial charge in [0.15, 0.2) is 0 Å². The molecule has 15 heteroatoms. The number of thioether (sulfide) groups is 1. The minimum absolute atomic E-state index is 0.0559. The molecule has 1 saturated heterocycles. The molecule has 0 atom stereocenters. The van der Waals surface area contributed by atoms with Crippen LogP contribution < -0.4 is 10.1 Å². The highest BCUT2D eigenvalue weighted by molar-refractivity contribution is 14.1. The lowest BCUT2D eigenvalue weighted by molar-refractivity contribution is -0.385. The number of hydrogen-bond acceptors (Lipinski definition) is 7. The number of carbonyl (C=O) groups excluding carboxylic acids is 3. The number of carbonyl (C=O) groups is 3. The van der Waals surface area contributed by atoms with Crippen molar-refractivity contribution in [3.8, 4) is 11.5 Å². The zero-order valence-corrected chi connectivity index (χ0v) is 24.3. The van der Waals surface area contributed by atoms with Crippen LogP contribution in [0.25, 0.3) is 6.08 Å². The molecule has 9 nitrogen and oxygen atoms in total. The third kappa shape index (κ3) is 7.00. The van der Waals surface area contributed by atoms with Crippen LogP contribution >= 0.6 is 50.3 Å². The van der Waals surface area contributed by atoms with Gasteiger partial charge in [-0.25, -0.2) is 0 Å². The first-order valence-corrected chi connectivity index (χ1v) is 13.6. The summed E-state index contributed by atoms with van der Waals surface area (Å²) in [5.74, 6) is -1.56. The van der Waals surface area contributed by atoms with Crippen molar-refractivity contribution in [1.82, 2.24) is 4.90 Å². The molecule has 0 spiro atoms. The maximum atomic E-state index is 13.0. The summed E-state index contributed by atoms with van der Waals surface area (Å²) in [6, 6.07) is 13.2. The summed E-state index contributed by atoms with van der Waals surface area (Å²) in [4.78, 5) is 48.8. The van der Waals surface area contributed by atoms with Crippen LogP contribution in [-0.2, 0) is 15.8 Å². The number of ether oxygens (including phenoxy) is 1. The van der Waals surface area contributed by atoms with Gasteiger partial charge in [0.1, 0.15) is 12.3 Å². The summed E-state index contributed by atoms with van der Waals surface area (Å²) in [6.45, 7) is -0.476. The van der Waals surface area contributed by atoms with Crippen molar-refractivity contribution in [1.29, 1.82) is 0 Å². The van der Waals surface area contributed by atoms with Gasteiger partial charge >= 0.3 is 11.9 Å². The molecule has 1 heterocycles. The summed E-state index contributed by atoms with van der Waals surface area (Å²) in [5.41, 5.74) is -1.11. The van der Waals surface area contributed by atoms with Gasteiger partial charge in [-0.1, -0.05) is 6.07 Å². The van der Waals surface area contributed by atoms with E-state index in [2.05, 4.69) is 43.8 Å². The van der Waals surface area contributed by atoms with Gasteiger partial charge in [-0.3, -0.25) is 29.4 Å². The van der Waals surface area contributed by atoms with Crippen molar-refractivity contribution in [3.63, 3.8) is 0 Å². The summed E-state index contributed by atoms with van der Waals surface area (Å²) in [6.07, 6.45) is -3.35. The van der Waals surface area contributed by atoms with Gasteiger partial charge in [-0.05, 0) is 110 Å². The van der Waals surface area contributed by atoms with Crippen molar-refractivity contribution in [2.45, 2.75) is 6.18 Å². The number of benzene rings is 3. The highest BCUT2D eigenvalue weighted by Gasteiger charge is 2.36. The number of amides is 3. The molecule has 3 aromatic carbocycles. The van der Waals surface area contributed by atoms with Crippen LogP contribution in [0.3, 0.4) is 0 Å². The molecule has 1 aliphatic heterocycles. The smallest absolute Gasteiger partial charge is 0.416 e. The van der Waals surface area contributed by atoms with Crippen LogP contribution in [0.2, 0.25) is 0 Å². The Bertz CT molecular complexity index is 1570. The van der Waals surface area contributed by atoms with Crippen molar-refractivity contribution in [2.24, 2.45) is 0 Å². The van der Waals surface area contributed by atoms with E-state index in [0.29, 0.717) is 35.1 Å². The minimum Gasteiger partial charge on any atom is -0.449 e. The third-order valence-corrected chi connectivity index (χ3v) is 7.51. The van der Waals surface area contributed by atoms with E-state index in [-0.39, 0.29) is 15.1 Å². The van der Waals surface area contributed by atoms with Crippen LogP contribution in [0, 0.1) is 13.7 Å². The number of anilines is 1. The first-order valence-electron chi connectivity index (χ1n) is 11.0. The number of rotatable bonds is 7. The molecule has 1 aliphatic rings. The summed E-state index contributed by atoms with van der Waals surface area (Å²) >= 11 is 6.01. The molecule has 40 heavy (non-hydrogen) atoms. The largest absolute Gasteiger partial charge is 0.449 e. The minimum atomic E-state index is -4.77. The van der Waals surface area contributed by atoms with E-state index >= 15 is 0 Å². The van der Waals surface area contributed by atoms with Crippen LogP contribution in [0.1, 0.15) is 11.1 Å². The lowest BCUT2D eigenvalue weighted by Gasteiger charge is -2.12. The number of hydrogen-bond donors (Lipinski definition) is 1. The molecule has 0 saturated carbocycles.